The highest BCUT2D eigenvalue weighted by Crippen LogP contribution is 2.23. The van der Waals surface area contributed by atoms with Crippen LogP contribution in [0.15, 0.2) is 64.0 Å². The van der Waals surface area contributed by atoms with Crippen LogP contribution in [0.1, 0.15) is 30.9 Å². The fourth-order valence-corrected chi connectivity index (χ4v) is 3.33. The number of nitrogens with zero attached hydrogens (tertiary/aromatic N) is 1. The number of esters is 1. The third-order valence-corrected chi connectivity index (χ3v) is 5.14. The van der Waals surface area contributed by atoms with Crippen molar-refractivity contribution >= 4 is 21.9 Å². The lowest BCUT2D eigenvalue weighted by Crippen LogP contribution is -2.21. The Kier molecular flexibility index (Phi) is 7.57. The van der Waals surface area contributed by atoms with Crippen molar-refractivity contribution in [3.63, 3.8) is 0 Å². The largest absolute Gasteiger partial charge is 0.487 e. The average molecular weight is 492 g/mol. The summed E-state index contributed by atoms with van der Waals surface area (Å²) in [6.45, 7) is 1.99. The number of rotatable bonds is 8. The lowest BCUT2D eigenvalue weighted by molar-refractivity contribution is -0.134. The van der Waals surface area contributed by atoms with E-state index in [9.17, 15) is 18.4 Å². The summed E-state index contributed by atoms with van der Waals surface area (Å²) in [5.41, 5.74) is 0.607. The minimum Gasteiger partial charge on any atom is -0.487 e. The van der Waals surface area contributed by atoms with Crippen molar-refractivity contribution in [2.75, 3.05) is 0 Å². The number of aromatic nitrogens is 1. The maximum atomic E-state index is 13.8. The lowest BCUT2D eigenvalue weighted by Gasteiger charge is -2.12. The van der Waals surface area contributed by atoms with E-state index in [4.69, 9.17) is 9.47 Å². The number of pyridine rings is 1. The van der Waals surface area contributed by atoms with Crippen molar-refractivity contribution in [2.24, 2.45) is 0 Å². The van der Waals surface area contributed by atoms with E-state index in [0.29, 0.717) is 18.6 Å². The molecule has 2 aromatic carbocycles. The Morgan fingerprint density at radius 2 is 1.94 bits per heavy atom. The van der Waals surface area contributed by atoms with Gasteiger partial charge < -0.3 is 14.0 Å². The quantitative estimate of drug-likeness (QED) is 0.320. The molecular formula is C23H20BrF2NO4. The molecule has 0 saturated carbocycles. The van der Waals surface area contributed by atoms with Crippen molar-refractivity contribution in [1.82, 2.24) is 4.57 Å². The number of carbonyl (C=O) groups is 1. The third kappa shape index (κ3) is 6.01. The first-order valence-electron chi connectivity index (χ1n) is 9.62. The maximum absolute atomic E-state index is 13.8. The van der Waals surface area contributed by atoms with E-state index in [1.165, 1.54) is 10.6 Å². The van der Waals surface area contributed by atoms with Crippen molar-refractivity contribution < 1.29 is 23.0 Å². The zero-order valence-electron chi connectivity index (χ0n) is 16.7. The predicted octanol–water partition coefficient (Wildman–Crippen LogP) is 5.22. The van der Waals surface area contributed by atoms with E-state index >= 15 is 0 Å². The molecule has 31 heavy (non-hydrogen) atoms. The number of hydrogen-bond acceptors (Lipinski definition) is 4. The van der Waals surface area contributed by atoms with Crippen LogP contribution < -0.4 is 15.0 Å². The SMILES string of the molecule is CCCC(=O)Oc1cccc(Cn2ccc(OCc3ccc(F)cc3F)c(Br)c2=O)c1. The summed E-state index contributed by atoms with van der Waals surface area (Å²) in [4.78, 5) is 24.4. The monoisotopic (exact) mass is 491 g/mol. The zero-order chi connectivity index (χ0) is 22.4. The first kappa shape index (κ1) is 22.7. The minimum absolute atomic E-state index is 0.153. The van der Waals surface area contributed by atoms with Gasteiger partial charge in [-0.2, -0.15) is 0 Å². The summed E-state index contributed by atoms with van der Waals surface area (Å²) in [5, 5.41) is 0. The van der Waals surface area contributed by atoms with E-state index < -0.39 is 11.6 Å². The van der Waals surface area contributed by atoms with Crippen LogP contribution >= 0.6 is 15.9 Å². The molecular weight excluding hydrogens is 472 g/mol. The molecule has 5 nitrogen and oxygen atoms in total. The summed E-state index contributed by atoms with van der Waals surface area (Å²) in [7, 11) is 0. The van der Waals surface area contributed by atoms with Gasteiger partial charge in [0.2, 0.25) is 0 Å². The fourth-order valence-electron chi connectivity index (χ4n) is 2.85. The van der Waals surface area contributed by atoms with Crippen LogP contribution in [0, 0.1) is 11.6 Å². The Morgan fingerprint density at radius 3 is 2.68 bits per heavy atom. The predicted molar refractivity (Wildman–Crippen MR) is 115 cm³/mol. The molecule has 8 heteroatoms. The molecule has 0 unspecified atom stereocenters. The molecule has 162 valence electrons. The van der Waals surface area contributed by atoms with Gasteiger partial charge in [0, 0.05) is 24.2 Å². The van der Waals surface area contributed by atoms with Crippen molar-refractivity contribution in [3.05, 3.63) is 92.3 Å². The van der Waals surface area contributed by atoms with Gasteiger partial charge in [-0.05, 0) is 58.2 Å². The highest BCUT2D eigenvalue weighted by atomic mass is 79.9. The first-order valence-corrected chi connectivity index (χ1v) is 10.4. The molecule has 3 rings (SSSR count). The molecule has 0 N–H and O–H groups in total. The average Bonchev–Trinajstić information content (AvgIpc) is 2.72. The normalized spacial score (nSPS) is 10.7. The Bertz CT molecular complexity index is 1150. The number of benzene rings is 2. The summed E-state index contributed by atoms with van der Waals surface area (Å²) in [5.74, 6) is -1.03. The van der Waals surface area contributed by atoms with Gasteiger partial charge in [0.25, 0.3) is 5.56 Å². The zero-order valence-corrected chi connectivity index (χ0v) is 18.3. The van der Waals surface area contributed by atoms with Crippen LogP contribution in [0.5, 0.6) is 11.5 Å². The third-order valence-electron chi connectivity index (χ3n) is 4.41. The molecule has 0 spiro atoms. The highest BCUT2D eigenvalue weighted by molar-refractivity contribution is 9.10. The summed E-state index contributed by atoms with van der Waals surface area (Å²) in [6.07, 6.45) is 2.59. The molecule has 1 aromatic heterocycles. The second-order valence-corrected chi connectivity index (χ2v) is 7.62. The van der Waals surface area contributed by atoms with Crippen LogP contribution in [-0.2, 0) is 17.9 Å². The van der Waals surface area contributed by atoms with Gasteiger partial charge in [-0.25, -0.2) is 8.78 Å². The lowest BCUT2D eigenvalue weighted by atomic mass is 10.2. The fraction of sp³-hybridized carbons (Fsp3) is 0.217. The van der Waals surface area contributed by atoms with Crippen molar-refractivity contribution in [1.29, 1.82) is 0 Å². The second kappa shape index (κ2) is 10.3. The van der Waals surface area contributed by atoms with Gasteiger partial charge in [-0.15, -0.1) is 0 Å². The molecule has 0 bridgehead atoms. The van der Waals surface area contributed by atoms with E-state index in [-0.39, 0.29) is 40.5 Å². The number of ether oxygens (including phenoxy) is 2. The van der Waals surface area contributed by atoms with Crippen LogP contribution in [-0.4, -0.2) is 10.5 Å². The topological polar surface area (TPSA) is 57.5 Å². The van der Waals surface area contributed by atoms with Gasteiger partial charge in [-0.1, -0.05) is 19.1 Å². The highest BCUT2D eigenvalue weighted by Gasteiger charge is 2.12. The summed E-state index contributed by atoms with van der Waals surface area (Å²) >= 11 is 3.23. The smallest absolute Gasteiger partial charge is 0.311 e. The van der Waals surface area contributed by atoms with E-state index in [1.807, 2.05) is 13.0 Å². The van der Waals surface area contributed by atoms with Crippen molar-refractivity contribution in [2.45, 2.75) is 32.9 Å². The molecule has 0 radical (unpaired) electrons. The van der Waals surface area contributed by atoms with E-state index in [2.05, 4.69) is 15.9 Å². The molecule has 1 heterocycles. The van der Waals surface area contributed by atoms with Crippen LogP contribution in [0.3, 0.4) is 0 Å². The maximum Gasteiger partial charge on any atom is 0.311 e. The molecule has 0 amide bonds. The van der Waals surface area contributed by atoms with Crippen LogP contribution in [0.2, 0.25) is 0 Å². The molecule has 0 atom stereocenters. The van der Waals surface area contributed by atoms with Gasteiger partial charge >= 0.3 is 5.97 Å². The number of hydrogen-bond donors (Lipinski definition) is 0. The standard InChI is InChI=1S/C23H20BrF2NO4/c1-2-4-21(28)31-18-6-3-5-15(11-18)13-27-10-9-20(22(24)23(27)29)30-14-16-7-8-17(25)12-19(16)26/h3,5-12H,2,4,13-14H2,1H3. The van der Waals surface area contributed by atoms with Gasteiger partial charge in [0.05, 0.1) is 6.54 Å². The molecule has 0 aliphatic carbocycles. The van der Waals surface area contributed by atoms with Crippen LogP contribution in [0.25, 0.3) is 0 Å². The second-order valence-electron chi connectivity index (χ2n) is 6.82. The number of halogens is 3. The van der Waals surface area contributed by atoms with E-state index in [1.54, 1.807) is 30.5 Å². The van der Waals surface area contributed by atoms with Gasteiger partial charge in [-0.3, -0.25) is 9.59 Å². The Morgan fingerprint density at radius 1 is 1.13 bits per heavy atom. The van der Waals surface area contributed by atoms with Gasteiger partial charge in [0.1, 0.15) is 34.2 Å². The minimum atomic E-state index is -0.719. The molecule has 0 aliphatic heterocycles. The Labute approximate surface area is 186 Å². The Hall–Kier alpha value is -3.00. The first-order chi connectivity index (χ1) is 14.9. The molecule has 0 saturated heterocycles. The molecule has 0 fully saturated rings. The summed E-state index contributed by atoms with van der Waals surface area (Å²) < 4.78 is 39.2. The summed E-state index contributed by atoms with van der Waals surface area (Å²) in [6, 6.07) is 11.7. The molecule has 3 aromatic rings. The van der Waals surface area contributed by atoms with E-state index in [0.717, 1.165) is 17.7 Å². The number of carbonyl (C=O) groups excluding carboxylic acids is 1. The van der Waals surface area contributed by atoms with Crippen molar-refractivity contribution in [3.8, 4) is 11.5 Å². The molecule has 0 aliphatic rings. The van der Waals surface area contributed by atoms with Gasteiger partial charge in [0.15, 0.2) is 0 Å². The van der Waals surface area contributed by atoms with Crippen LogP contribution in [0.4, 0.5) is 8.78 Å². The Balaban J connectivity index is 1.72.